The molecule has 14 heavy (non-hydrogen) atoms. The van der Waals surface area contributed by atoms with E-state index in [9.17, 15) is 4.79 Å². The molecule has 4 heteroatoms. The summed E-state index contributed by atoms with van der Waals surface area (Å²) in [6.07, 6.45) is 3.78. The van der Waals surface area contributed by atoms with E-state index in [2.05, 4.69) is 17.6 Å². The molecule has 0 radical (unpaired) electrons. The molecule has 4 nitrogen and oxygen atoms in total. The first-order chi connectivity index (χ1) is 6.81. The van der Waals surface area contributed by atoms with E-state index in [0.29, 0.717) is 13.1 Å². The van der Waals surface area contributed by atoms with Crippen molar-refractivity contribution < 1.29 is 9.90 Å². The summed E-state index contributed by atoms with van der Waals surface area (Å²) >= 11 is 0. The van der Waals surface area contributed by atoms with Crippen molar-refractivity contribution in [3.8, 4) is 0 Å². The third-order valence-corrected chi connectivity index (χ3v) is 1.87. The van der Waals surface area contributed by atoms with Crippen molar-refractivity contribution >= 4 is 5.91 Å². The summed E-state index contributed by atoms with van der Waals surface area (Å²) in [5.74, 6) is 0.0578. The van der Waals surface area contributed by atoms with Crippen LogP contribution in [0.1, 0.15) is 32.6 Å². The first-order valence-corrected chi connectivity index (χ1v) is 5.39. The van der Waals surface area contributed by atoms with E-state index in [1.54, 1.807) is 0 Å². The molecule has 0 atom stereocenters. The molecule has 0 unspecified atom stereocenters. The molecule has 0 saturated heterocycles. The Balaban J connectivity index is 3.10. The van der Waals surface area contributed by atoms with E-state index in [0.717, 1.165) is 32.2 Å². The summed E-state index contributed by atoms with van der Waals surface area (Å²) in [5.41, 5.74) is 0. The van der Waals surface area contributed by atoms with E-state index < -0.39 is 0 Å². The topological polar surface area (TPSA) is 61.4 Å². The second-order valence-corrected chi connectivity index (χ2v) is 3.31. The van der Waals surface area contributed by atoms with Crippen LogP contribution in [0.15, 0.2) is 0 Å². The molecule has 1 amide bonds. The molecule has 0 heterocycles. The lowest BCUT2D eigenvalue weighted by Crippen LogP contribution is -2.34. The minimum Gasteiger partial charge on any atom is -0.396 e. The van der Waals surface area contributed by atoms with Gasteiger partial charge in [0.05, 0.1) is 6.54 Å². The van der Waals surface area contributed by atoms with Crippen LogP contribution in [0.2, 0.25) is 0 Å². The van der Waals surface area contributed by atoms with Crippen molar-refractivity contribution in [1.82, 2.24) is 10.6 Å². The predicted octanol–water partition coefficient (Wildman–Crippen LogP) is 0.265. The average molecular weight is 202 g/mol. The van der Waals surface area contributed by atoms with Crippen LogP contribution < -0.4 is 10.6 Å². The van der Waals surface area contributed by atoms with Crippen molar-refractivity contribution in [1.29, 1.82) is 0 Å². The van der Waals surface area contributed by atoms with Crippen LogP contribution in [-0.2, 0) is 4.79 Å². The van der Waals surface area contributed by atoms with E-state index in [-0.39, 0.29) is 12.5 Å². The quantitative estimate of drug-likeness (QED) is 0.470. The fraction of sp³-hybridized carbons (Fsp3) is 0.900. The largest absolute Gasteiger partial charge is 0.396 e. The number of carbonyl (C=O) groups is 1. The molecule has 0 aromatic carbocycles. The summed E-state index contributed by atoms with van der Waals surface area (Å²) in [6, 6.07) is 0. The summed E-state index contributed by atoms with van der Waals surface area (Å²) in [6.45, 7) is 4.32. The maximum atomic E-state index is 11.1. The van der Waals surface area contributed by atoms with Gasteiger partial charge in [-0.05, 0) is 32.2 Å². The summed E-state index contributed by atoms with van der Waals surface area (Å²) in [5, 5.41) is 14.4. The smallest absolute Gasteiger partial charge is 0.233 e. The van der Waals surface area contributed by atoms with Crippen LogP contribution in [0.3, 0.4) is 0 Å². The van der Waals surface area contributed by atoms with E-state index in [4.69, 9.17) is 5.11 Å². The number of nitrogens with one attached hydrogen (secondary N) is 2. The van der Waals surface area contributed by atoms with E-state index in [1.165, 1.54) is 0 Å². The lowest BCUT2D eigenvalue weighted by molar-refractivity contribution is -0.120. The number of unbranched alkanes of at least 4 members (excludes halogenated alkanes) is 2. The molecule has 0 aromatic rings. The molecule has 0 saturated carbocycles. The molecule has 0 bridgehead atoms. The number of hydrogen-bond acceptors (Lipinski definition) is 3. The van der Waals surface area contributed by atoms with Crippen LogP contribution >= 0.6 is 0 Å². The van der Waals surface area contributed by atoms with Gasteiger partial charge >= 0.3 is 0 Å². The number of hydrogen-bond donors (Lipinski definition) is 3. The van der Waals surface area contributed by atoms with Crippen molar-refractivity contribution in [2.24, 2.45) is 0 Å². The van der Waals surface area contributed by atoms with Crippen molar-refractivity contribution in [2.75, 3.05) is 26.2 Å². The second-order valence-electron chi connectivity index (χ2n) is 3.31. The zero-order valence-electron chi connectivity index (χ0n) is 9.01. The number of rotatable bonds is 9. The Labute approximate surface area is 86.1 Å². The summed E-state index contributed by atoms with van der Waals surface area (Å²) in [4.78, 5) is 11.1. The zero-order valence-corrected chi connectivity index (χ0v) is 9.01. The molecular formula is C10H22N2O2. The molecule has 0 aliphatic carbocycles. The average Bonchev–Trinajstić information content (AvgIpc) is 2.18. The first-order valence-electron chi connectivity index (χ1n) is 5.39. The molecule has 0 aliphatic rings. The zero-order chi connectivity index (χ0) is 10.6. The Morgan fingerprint density at radius 3 is 2.64 bits per heavy atom. The van der Waals surface area contributed by atoms with Crippen LogP contribution in [0.25, 0.3) is 0 Å². The lowest BCUT2D eigenvalue weighted by Gasteiger charge is -2.05. The summed E-state index contributed by atoms with van der Waals surface area (Å²) in [7, 11) is 0. The van der Waals surface area contributed by atoms with Gasteiger partial charge < -0.3 is 15.7 Å². The Morgan fingerprint density at radius 2 is 2.00 bits per heavy atom. The van der Waals surface area contributed by atoms with Crippen LogP contribution in [-0.4, -0.2) is 37.3 Å². The predicted molar refractivity (Wildman–Crippen MR) is 57.1 cm³/mol. The maximum absolute atomic E-state index is 11.1. The molecule has 84 valence electrons. The van der Waals surface area contributed by atoms with Gasteiger partial charge in [0.2, 0.25) is 5.91 Å². The van der Waals surface area contributed by atoms with E-state index >= 15 is 0 Å². The molecule has 0 aromatic heterocycles. The first kappa shape index (κ1) is 13.4. The Bertz CT molecular complexity index is 140. The molecule has 0 spiro atoms. The Morgan fingerprint density at radius 1 is 1.21 bits per heavy atom. The normalized spacial score (nSPS) is 10.1. The van der Waals surface area contributed by atoms with Gasteiger partial charge in [-0.2, -0.15) is 0 Å². The van der Waals surface area contributed by atoms with Crippen molar-refractivity contribution in [3.63, 3.8) is 0 Å². The van der Waals surface area contributed by atoms with Gasteiger partial charge in [0.1, 0.15) is 0 Å². The van der Waals surface area contributed by atoms with Gasteiger partial charge in [-0.1, -0.05) is 6.92 Å². The van der Waals surface area contributed by atoms with Crippen LogP contribution in [0, 0.1) is 0 Å². The highest BCUT2D eigenvalue weighted by Crippen LogP contribution is 1.91. The van der Waals surface area contributed by atoms with Crippen LogP contribution in [0.5, 0.6) is 0 Å². The van der Waals surface area contributed by atoms with Crippen molar-refractivity contribution in [2.45, 2.75) is 32.6 Å². The van der Waals surface area contributed by atoms with Gasteiger partial charge in [-0.15, -0.1) is 0 Å². The van der Waals surface area contributed by atoms with Crippen LogP contribution in [0.4, 0.5) is 0 Å². The standard InChI is InChI=1S/C10H22N2O2/c1-2-6-11-9-10(14)12-7-4-3-5-8-13/h11,13H,2-9H2,1H3,(H,12,14). The fourth-order valence-corrected chi connectivity index (χ4v) is 1.08. The Kier molecular flexibility index (Phi) is 10.0. The Hall–Kier alpha value is -0.610. The maximum Gasteiger partial charge on any atom is 0.233 e. The highest BCUT2D eigenvalue weighted by molar-refractivity contribution is 5.77. The highest BCUT2D eigenvalue weighted by Gasteiger charge is 1.97. The minimum absolute atomic E-state index is 0.0578. The minimum atomic E-state index is 0.0578. The second kappa shape index (κ2) is 10.5. The fourth-order valence-electron chi connectivity index (χ4n) is 1.08. The lowest BCUT2D eigenvalue weighted by atomic mass is 10.2. The number of amides is 1. The highest BCUT2D eigenvalue weighted by atomic mass is 16.2. The molecule has 0 aliphatic heterocycles. The van der Waals surface area contributed by atoms with Gasteiger partial charge in [0, 0.05) is 13.2 Å². The third kappa shape index (κ3) is 9.48. The molecule has 0 rings (SSSR count). The van der Waals surface area contributed by atoms with Gasteiger partial charge in [0.25, 0.3) is 0 Å². The number of aliphatic hydroxyl groups is 1. The number of carbonyl (C=O) groups excluding carboxylic acids is 1. The van der Waals surface area contributed by atoms with E-state index in [1.807, 2.05) is 0 Å². The monoisotopic (exact) mass is 202 g/mol. The third-order valence-electron chi connectivity index (χ3n) is 1.87. The molecule has 0 fully saturated rings. The van der Waals surface area contributed by atoms with Gasteiger partial charge in [0.15, 0.2) is 0 Å². The van der Waals surface area contributed by atoms with Crippen molar-refractivity contribution in [3.05, 3.63) is 0 Å². The SMILES string of the molecule is CCCNCC(=O)NCCCCCO. The van der Waals surface area contributed by atoms with Gasteiger partial charge in [-0.25, -0.2) is 0 Å². The summed E-state index contributed by atoms with van der Waals surface area (Å²) < 4.78 is 0. The number of aliphatic hydroxyl groups excluding tert-OH is 1. The molecule has 3 N–H and O–H groups in total. The molecular weight excluding hydrogens is 180 g/mol. The van der Waals surface area contributed by atoms with Gasteiger partial charge in [-0.3, -0.25) is 4.79 Å².